The lowest BCUT2D eigenvalue weighted by Crippen LogP contribution is -2.14. The van der Waals surface area contributed by atoms with E-state index in [2.05, 4.69) is 10.3 Å². The van der Waals surface area contributed by atoms with Gasteiger partial charge in [-0.2, -0.15) is 0 Å². The van der Waals surface area contributed by atoms with Crippen molar-refractivity contribution in [3.05, 3.63) is 58.1 Å². The van der Waals surface area contributed by atoms with Crippen molar-refractivity contribution in [3.63, 3.8) is 0 Å². The summed E-state index contributed by atoms with van der Waals surface area (Å²) in [5.41, 5.74) is 0.764. The molecule has 0 bridgehead atoms. The van der Waals surface area contributed by atoms with Gasteiger partial charge >= 0.3 is 5.97 Å². The first-order chi connectivity index (χ1) is 9.88. The Bertz CT molecular complexity index is 734. The van der Waals surface area contributed by atoms with Crippen LogP contribution in [0.2, 0.25) is 5.15 Å². The minimum Gasteiger partial charge on any atom is -0.478 e. The van der Waals surface area contributed by atoms with Gasteiger partial charge in [-0.1, -0.05) is 17.7 Å². The van der Waals surface area contributed by atoms with Crippen LogP contribution in [0.5, 0.6) is 0 Å². The molecule has 1 aromatic heterocycles. The van der Waals surface area contributed by atoms with Gasteiger partial charge in [0.15, 0.2) is 0 Å². The van der Waals surface area contributed by atoms with Crippen molar-refractivity contribution in [2.24, 2.45) is 0 Å². The van der Waals surface area contributed by atoms with E-state index in [0.29, 0.717) is 5.56 Å². The average molecular weight is 309 g/mol. The SMILES string of the molecule is Cc1ccc(NC(=O)c2cc(F)cnc2Cl)cc1C(=O)O. The van der Waals surface area contributed by atoms with Crippen molar-refractivity contribution < 1.29 is 19.1 Å². The molecular weight excluding hydrogens is 299 g/mol. The fourth-order valence-electron chi connectivity index (χ4n) is 1.71. The number of pyridine rings is 1. The van der Waals surface area contributed by atoms with Crippen LogP contribution in [-0.2, 0) is 0 Å². The van der Waals surface area contributed by atoms with E-state index in [1.807, 2.05) is 0 Å². The highest BCUT2D eigenvalue weighted by molar-refractivity contribution is 6.33. The number of nitrogens with one attached hydrogen (secondary N) is 1. The molecule has 0 aliphatic rings. The van der Waals surface area contributed by atoms with Crippen molar-refractivity contribution in [3.8, 4) is 0 Å². The number of aryl methyl sites for hydroxylation is 1. The molecule has 2 N–H and O–H groups in total. The van der Waals surface area contributed by atoms with Gasteiger partial charge < -0.3 is 10.4 Å². The molecule has 0 aliphatic heterocycles. The summed E-state index contributed by atoms with van der Waals surface area (Å²) < 4.78 is 13.1. The van der Waals surface area contributed by atoms with Gasteiger partial charge in [0.25, 0.3) is 5.91 Å². The second-order valence-corrected chi connectivity index (χ2v) is 4.64. The minimum absolute atomic E-state index is 0.0660. The van der Waals surface area contributed by atoms with Crippen molar-refractivity contribution in [1.29, 1.82) is 0 Å². The van der Waals surface area contributed by atoms with Crippen LogP contribution in [-0.4, -0.2) is 22.0 Å². The summed E-state index contributed by atoms with van der Waals surface area (Å²) in [5.74, 6) is -2.47. The molecule has 5 nitrogen and oxygen atoms in total. The van der Waals surface area contributed by atoms with E-state index >= 15 is 0 Å². The highest BCUT2D eigenvalue weighted by atomic mass is 35.5. The number of carboxylic acids is 1. The third-order valence-corrected chi connectivity index (χ3v) is 3.08. The Labute approximate surface area is 124 Å². The fraction of sp³-hybridized carbons (Fsp3) is 0.0714. The smallest absolute Gasteiger partial charge is 0.336 e. The van der Waals surface area contributed by atoms with E-state index in [1.165, 1.54) is 6.07 Å². The third kappa shape index (κ3) is 3.35. The molecule has 0 saturated carbocycles. The Morgan fingerprint density at radius 2 is 2.00 bits per heavy atom. The standard InChI is InChI=1S/C14H10ClFN2O3/c1-7-2-3-9(5-10(7)14(20)21)18-13(19)11-4-8(16)6-17-12(11)15/h2-6H,1H3,(H,18,19)(H,20,21). The summed E-state index contributed by atoms with van der Waals surface area (Å²) in [5, 5.41) is 11.3. The van der Waals surface area contributed by atoms with E-state index in [4.69, 9.17) is 16.7 Å². The van der Waals surface area contributed by atoms with Gasteiger partial charge in [-0.25, -0.2) is 14.2 Å². The number of halogens is 2. The number of hydrogen-bond donors (Lipinski definition) is 2. The molecule has 0 fully saturated rings. The largest absolute Gasteiger partial charge is 0.478 e. The van der Waals surface area contributed by atoms with E-state index in [0.717, 1.165) is 12.3 Å². The Balaban J connectivity index is 2.29. The van der Waals surface area contributed by atoms with Gasteiger partial charge in [0, 0.05) is 5.69 Å². The normalized spacial score (nSPS) is 10.2. The first-order valence-electron chi connectivity index (χ1n) is 5.85. The summed E-state index contributed by atoms with van der Waals surface area (Å²) in [6.45, 7) is 1.64. The quantitative estimate of drug-likeness (QED) is 0.854. The predicted molar refractivity (Wildman–Crippen MR) is 75.3 cm³/mol. The molecule has 1 amide bonds. The first-order valence-corrected chi connectivity index (χ1v) is 6.22. The maximum Gasteiger partial charge on any atom is 0.336 e. The molecule has 0 saturated heterocycles. The van der Waals surface area contributed by atoms with E-state index in [9.17, 15) is 14.0 Å². The molecular formula is C14H10ClFN2O3. The highest BCUT2D eigenvalue weighted by Gasteiger charge is 2.14. The number of hydrogen-bond acceptors (Lipinski definition) is 3. The Morgan fingerprint density at radius 1 is 1.29 bits per heavy atom. The van der Waals surface area contributed by atoms with E-state index in [1.54, 1.807) is 19.1 Å². The monoisotopic (exact) mass is 308 g/mol. The van der Waals surface area contributed by atoms with Crippen LogP contribution in [0.1, 0.15) is 26.3 Å². The fourth-order valence-corrected chi connectivity index (χ4v) is 1.90. The van der Waals surface area contributed by atoms with Gasteiger partial charge in [-0.05, 0) is 30.7 Å². The van der Waals surface area contributed by atoms with Crippen LogP contribution in [0, 0.1) is 12.7 Å². The number of amides is 1. The van der Waals surface area contributed by atoms with Gasteiger partial charge in [-0.15, -0.1) is 0 Å². The van der Waals surface area contributed by atoms with Gasteiger partial charge in [0.1, 0.15) is 11.0 Å². The lowest BCUT2D eigenvalue weighted by Gasteiger charge is -2.08. The Kier molecular flexibility index (Phi) is 4.18. The molecule has 0 spiro atoms. The average Bonchev–Trinajstić information content (AvgIpc) is 2.43. The predicted octanol–water partition coefficient (Wildman–Crippen LogP) is 3.13. The number of aromatic nitrogens is 1. The second-order valence-electron chi connectivity index (χ2n) is 4.28. The second kappa shape index (κ2) is 5.88. The van der Waals surface area contributed by atoms with Crippen LogP contribution in [0.25, 0.3) is 0 Å². The molecule has 21 heavy (non-hydrogen) atoms. The highest BCUT2D eigenvalue weighted by Crippen LogP contribution is 2.19. The molecule has 0 radical (unpaired) electrons. The number of aromatic carboxylic acids is 1. The zero-order valence-electron chi connectivity index (χ0n) is 10.9. The topological polar surface area (TPSA) is 79.3 Å². The summed E-state index contributed by atoms with van der Waals surface area (Å²) >= 11 is 5.73. The van der Waals surface area contributed by atoms with Gasteiger partial charge in [0.2, 0.25) is 0 Å². The number of carboxylic acid groups (broad SMARTS) is 1. The van der Waals surface area contributed by atoms with Crippen molar-refractivity contribution in [2.75, 3.05) is 5.32 Å². The molecule has 0 atom stereocenters. The molecule has 2 aromatic rings. The number of anilines is 1. The zero-order chi connectivity index (χ0) is 15.6. The summed E-state index contributed by atoms with van der Waals surface area (Å²) in [7, 11) is 0. The number of carbonyl (C=O) groups excluding carboxylic acids is 1. The van der Waals surface area contributed by atoms with Gasteiger partial charge in [-0.3, -0.25) is 4.79 Å². The molecule has 2 rings (SSSR count). The maximum atomic E-state index is 13.1. The van der Waals surface area contributed by atoms with Gasteiger partial charge in [0.05, 0.1) is 17.3 Å². The number of benzene rings is 1. The Morgan fingerprint density at radius 3 is 2.67 bits per heavy atom. The maximum absolute atomic E-state index is 13.1. The molecule has 108 valence electrons. The van der Waals surface area contributed by atoms with E-state index < -0.39 is 17.7 Å². The summed E-state index contributed by atoms with van der Waals surface area (Å²) in [4.78, 5) is 26.6. The number of nitrogens with zero attached hydrogens (tertiary/aromatic N) is 1. The van der Waals surface area contributed by atoms with Crippen LogP contribution in [0.3, 0.4) is 0 Å². The molecule has 1 aromatic carbocycles. The molecule has 0 aliphatic carbocycles. The Hall–Kier alpha value is -2.47. The number of carbonyl (C=O) groups is 2. The zero-order valence-corrected chi connectivity index (χ0v) is 11.6. The third-order valence-electron chi connectivity index (χ3n) is 2.78. The van der Waals surface area contributed by atoms with Crippen LogP contribution in [0.4, 0.5) is 10.1 Å². The van der Waals surface area contributed by atoms with Crippen LogP contribution < -0.4 is 5.32 Å². The van der Waals surface area contributed by atoms with Crippen molar-refractivity contribution >= 4 is 29.2 Å². The lowest BCUT2D eigenvalue weighted by atomic mass is 10.1. The van der Waals surface area contributed by atoms with Crippen molar-refractivity contribution in [2.45, 2.75) is 6.92 Å². The van der Waals surface area contributed by atoms with Crippen molar-refractivity contribution in [1.82, 2.24) is 4.98 Å². The van der Waals surface area contributed by atoms with E-state index in [-0.39, 0.29) is 22.0 Å². The minimum atomic E-state index is -1.10. The van der Waals surface area contributed by atoms with Crippen LogP contribution >= 0.6 is 11.6 Å². The van der Waals surface area contributed by atoms with Crippen LogP contribution in [0.15, 0.2) is 30.5 Å². The summed E-state index contributed by atoms with van der Waals surface area (Å²) in [6.07, 6.45) is 0.896. The first kappa shape index (κ1) is 14.9. The molecule has 0 unspecified atom stereocenters. The number of rotatable bonds is 3. The summed E-state index contributed by atoms with van der Waals surface area (Å²) in [6, 6.07) is 5.37. The lowest BCUT2D eigenvalue weighted by molar-refractivity contribution is 0.0695. The molecule has 7 heteroatoms. The molecule has 1 heterocycles.